The highest BCUT2D eigenvalue weighted by Crippen LogP contribution is 2.30. The van der Waals surface area contributed by atoms with Gasteiger partial charge in [0.25, 0.3) is 0 Å². The fourth-order valence-electron chi connectivity index (χ4n) is 4.91. The molecule has 1 N–H and O–H groups in total. The number of likely N-dealkylation sites (tertiary alicyclic amines) is 1. The maximum absolute atomic E-state index is 14.0. The predicted octanol–water partition coefficient (Wildman–Crippen LogP) is 6.26. The third kappa shape index (κ3) is 4.53. The van der Waals surface area contributed by atoms with Crippen LogP contribution in [0.1, 0.15) is 46.8 Å². The van der Waals surface area contributed by atoms with Crippen molar-refractivity contribution in [2.45, 2.75) is 38.6 Å². The van der Waals surface area contributed by atoms with Crippen molar-refractivity contribution in [2.24, 2.45) is 0 Å². The van der Waals surface area contributed by atoms with Crippen LogP contribution in [-0.4, -0.2) is 28.0 Å². The van der Waals surface area contributed by atoms with Gasteiger partial charge < -0.3 is 4.98 Å². The van der Waals surface area contributed by atoms with E-state index in [4.69, 9.17) is 0 Å². The summed E-state index contributed by atoms with van der Waals surface area (Å²) in [7, 11) is 0. The second-order valence-electron chi connectivity index (χ2n) is 8.96. The number of halogens is 3. The fraction of sp³-hybridized carbons (Fsp3) is 0.296. The number of nitrogens with zero attached hydrogens (tertiary/aromatic N) is 2. The zero-order chi connectivity index (χ0) is 22.9. The van der Waals surface area contributed by atoms with E-state index in [1.807, 2.05) is 19.1 Å². The highest BCUT2D eigenvalue weighted by molar-refractivity contribution is 5.84. The molecule has 0 amide bonds. The van der Waals surface area contributed by atoms with Crippen LogP contribution in [0.2, 0.25) is 0 Å². The Kier molecular flexibility index (Phi) is 5.94. The number of fused-ring (bicyclic) bond motifs is 1. The molecule has 6 heteroatoms. The van der Waals surface area contributed by atoms with E-state index in [2.05, 4.69) is 14.9 Å². The number of pyridine rings is 1. The molecule has 4 aromatic rings. The van der Waals surface area contributed by atoms with Crippen molar-refractivity contribution in [3.05, 3.63) is 100 Å². The zero-order valence-electron chi connectivity index (χ0n) is 18.5. The Labute approximate surface area is 191 Å². The number of piperidine rings is 1. The van der Waals surface area contributed by atoms with Crippen LogP contribution in [0.4, 0.5) is 13.2 Å². The summed E-state index contributed by atoms with van der Waals surface area (Å²) in [6.07, 6.45) is 4.02. The van der Waals surface area contributed by atoms with Gasteiger partial charge in [-0.3, -0.25) is 9.88 Å². The van der Waals surface area contributed by atoms with E-state index in [0.717, 1.165) is 65.9 Å². The Balaban J connectivity index is 1.29. The minimum atomic E-state index is -0.533. The first kappa shape index (κ1) is 21.7. The molecule has 170 valence electrons. The average Bonchev–Trinajstić information content (AvgIpc) is 3.11. The summed E-state index contributed by atoms with van der Waals surface area (Å²) in [4.78, 5) is 10.4. The summed E-state index contributed by atoms with van der Waals surface area (Å²) in [5, 5.41) is 0.942. The van der Waals surface area contributed by atoms with Crippen LogP contribution in [0.5, 0.6) is 0 Å². The molecule has 1 aliphatic heterocycles. The van der Waals surface area contributed by atoms with E-state index < -0.39 is 11.6 Å². The number of H-pyrrole nitrogens is 1. The lowest BCUT2D eigenvalue weighted by molar-refractivity contribution is 0.199. The molecule has 0 spiro atoms. The molecule has 1 fully saturated rings. The minimum absolute atomic E-state index is 0.0708. The monoisotopic (exact) mass is 449 g/mol. The Morgan fingerprint density at radius 3 is 2.61 bits per heavy atom. The van der Waals surface area contributed by atoms with Gasteiger partial charge in [-0.2, -0.15) is 0 Å². The van der Waals surface area contributed by atoms with Crippen molar-refractivity contribution < 1.29 is 13.2 Å². The van der Waals surface area contributed by atoms with Crippen molar-refractivity contribution >= 4 is 10.9 Å². The summed E-state index contributed by atoms with van der Waals surface area (Å²) in [6, 6.07) is 12.7. The number of benzene rings is 2. The molecule has 1 aliphatic rings. The van der Waals surface area contributed by atoms with Gasteiger partial charge in [-0.25, -0.2) is 13.2 Å². The molecule has 1 atom stereocenters. The lowest BCUT2D eigenvalue weighted by atomic mass is 9.93. The molecule has 3 heterocycles. The number of aromatic amines is 1. The topological polar surface area (TPSA) is 31.9 Å². The lowest BCUT2D eigenvalue weighted by Gasteiger charge is -2.32. The summed E-state index contributed by atoms with van der Waals surface area (Å²) in [5.74, 6) is -0.997. The van der Waals surface area contributed by atoms with Crippen molar-refractivity contribution in [2.75, 3.05) is 13.1 Å². The Morgan fingerprint density at radius 1 is 1.03 bits per heavy atom. The summed E-state index contributed by atoms with van der Waals surface area (Å²) < 4.78 is 41.8. The number of rotatable bonds is 5. The maximum Gasteiger partial charge on any atom is 0.129 e. The van der Waals surface area contributed by atoms with Crippen LogP contribution in [0.3, 0.4) is 0 Å². The molecular formula is C27H26F3N3. The van der Waals surface area contributed by atoms with Gasteiger partial charge in [-0.1, -0.05) is 12.1 Å². The van der Waals surface area contributed by atoms with Crippen LogP contribution in [0.15, 0.2) is 54.7 Å². The highest BCUT2D eigenvalue weighted by Gasteiger charge is 2.24. The van der Waals surface area contributed by atoms with Crippen molar-refractivity contribution in [3.63, 3.8) is 0 Å². The first-order valence-corrected chi connectivity index (χ1v) is 11.3. The van der Waals surface area contributed by atoms with Gasteiger partial charge in [0.15, 0.2) is 0 Å². The number of hydrogen-bond acceptors (Lipinski definition) is 2. The Morgan fingerprint density at radius 2 is 1.85 bits per heavy atom. The lowest BCUT2D eigenvalue weighted by Crippen LogP contribution is -2.34. The quantitative estimate of drug-likeness (QED) is 0.390. The first-order valence-electron chi connectivity index (χ1n) is 11.3. The van der Waals surface area contributed by atoms with Crippen LogP contribution >= 0.6 is 0 Å². The Bertz CT molecular complexity index is 1260. The van der Waals surface area contributed by atoms with Gasteiger partial charge in [0, 0.05) is 59.5 Å². The summed E-state index contributed by atoms with van der Waals surface area (Å²) in [5.41, 5.74) is 5.02. The van der Waals surface area contributed by atoms with Gasteiger partial charge in [-0.05, 0) is 73.8 Å². The Hall–Kier alpha value is -3.12. The highest BCUT2D eigenvalue weighted by atomic mass is 19.1. The van der Waals surface area contributed by atoms with Crippen molar-refractivity contribution in [1.29, 1.82) is 0 Å². The fourth-order valence-corrected chi connectivity index (χ4v) is 4.91. The standard InChI is InChI=1S/C27H26F3N3/c1-17-23(21-13-20(28)8-10-27(21)32-17)16-33-11-3-4-19(15-33)26-9-7-18(14-31-26)12-22-24(29)5-2-6-25(22)30/h2,5-10,13-14,19,32H,3-4,11-12,15-16H2,1H3. The molecular weight excluding hydrogens is 423 g/mol. The van der Waals surface area contributed by atoms with E-state index in [0.29, 0.717) is 5.92 Å². The molecule has 3 nitrogen and oxygen atoms in total. The van der Waals surface area contributed by atoms with Crippen LogP contribution < -0.4 is 0 Å². The van der Waals surface area contributed by atoms with Crippen molar-refractivity contribution in [1.82, 2.24) is 14.9 Å². The molecule has 1 saturated heterocycles. The third-order valence-corrected chi connectivity index (χ3v) is 6.68. The molecule has 0 bridgehead atoms. The molecule has 2 aromatic carbocycles. The number of nitrogens with one attached hydrogen (secondary N) is 1. The second kappa shape index (κ2) is 9.02. The number of aryl methyl sites for hydroxylation is 1. The van der Waals surface area contributed by atoms with Gasteiger partial charge in [0.2, 0.25) is 0 Å². The van der Waals surface area contributed by atoms with Crippen LogP contribution in [0.25, 0.3) is 10.9 Å². The van der Waals surface area contributed by atoms with Crippen LogP contribution in [-0.2, 0) is 13.0 Å². The van der Waals surface area contributed by atoms with E-state index >= 15 is 0 Å². The molecule has 2 aromatic heterocycles. The third-order valence-electron chi connectivity index (χ3n) is 6.68. The van der Waals surface area contributed by atoms with E-state index in [-0.39, 0.29) is 17.8 Å². The number of hydrogen-bond donors (Lipinski definition) is 1. The molecule has 0 aliphatic carbocycles. The SMILES string of the molecule is Cc1[nH]c2ccc(F)cc2c1CN1CCCC(c2ccc(Cc3c(F)cccc3F)cn2)C1. The smallest absolute Gasteiger partial charge is 0.129 e. The second-order valence-corrected chi connectivity index (χ2v) is 8.96. The summed E-state index contributed by atoms with van der Waals surface area (Å²) in [6.45, 7) is 4.65. The van der Waals surface area contributed by atoms with Gasteiger partial charge in [-0.15, -0.1) is 0 Å². The zero-order valence-corrected chi connectivity index (χ0v) is 18.5. The largest absolute Gasteiger partial charge is 0.358 e. The van der Waals surface area contributed by atoms with E-state index in [1.54, 1.807) is 18.3 Å². The van der Waals surface area contributed by atoms with Crippen molar-refractivity contribution in [3.8, 4) is 0 Å². The molecule has 33 heavy (non-hydrogen) atoms. The molecule has 0 radical (unpaired) electrons. The van der Waals surface area contributed by atoms with E-state index in [9.17, 15) is 13.2 Å². The molecule has 1 unspecified atom stereocenters. The predicted molar refractivity (Wildman–Crippen MR) is 124 cm³/mol. The van der Waals surface area contributed by atoms with Gasteiger partial charge in [0.1, 0.15) is 17.5 Å². The van der Waals surface area contributed by atoms with E-state index in [1.165, 1.54) is 24.3 Å². The maximum atomic E-state index is 14.0. The average molecular weight is 450 g/mol. The van der Waals surface area contributed by atoms with Gasteiger partial charge in [0.05, 0.1) is 0 Å². The minimum Gasteiger partial charge on any atom is -0.358 e. The molecule has 5 rings (SSSR count). The summed E-state index contributed by atoms with van der Waals surface area (Å²) >= 11 is 0. The van der Waals surface area contributed by atoms with Gasteiger partial charge >= 0.3 is 0 Å². The first-order chi connectivity index (χ1) is 16.0. The van der Waals surface area contributed by atoms with Crippen LogP contribution in [0, 0.1) is 24.4 Å². The normalized spacial score (nSPS) is 17.0. The molecule has 0 saturated carbocycles. The number of aromatic nitrogens is 2.